The highest BCUT2D eigenvalue weighted by Crippen LogP contribution is 2.46. The van der Waals surface area contributed by atoms with Crippen molar-refractivity contribution in [3.05, 3.63) is 28.8 Å². The second-order valence-corrected chi connectivity index (χ2v) is 8.82. The Labute approximate surface area is 169 Å². The molecule has 7 heteroatoms. The number of aliphatic carboxylic acids is 1. The van der Waals surface area contributed by atoms with E-state index in [0.717, 1.165) is 37.0 Å². The highest BCUT2D eigenvalue weighted by molar-refractivity contribution is 5.71. The molecule has 3 fully saturated rings. The lowest BCUT2D eigenvalue weighted by molar-refractivity contribution is -0.172. The molecule has 3 aliphatic heterocycles. The Balaban J connectivity index is 1.49. The Bertz CT molecular complexity index is 947. The molecule has 1 aromatic rings. The van der Waals surface area contributed by atoms with Gasteiger partial charge in [-0.05, 0) is 48.8 Å². The molecule has 1 unspecified atom stereocenters. The van der Waals surface area contributed by atoms with Crippen LogP contribution in [0, 0.1) is 17.8 Å². The predicted molar refractivity (Wildman–Crippen MR) is 105 cm³/mol. The van der Waals surface area contributed by atoms with E-state index in [4.69, 9.17) is 14.5 Å². The monoisotopic (exact) mass is 400 g/mol. The first-order valence-electron chi connectivity index (χ1n) is 10.4. The first-order valence-corrected chi connectivity index (χ1v) is 10.4. The van der Waals surface area contributed by atoms with Crippen LogP contribution in [0.5, 0.6) is 5.75 Å². The number of nitrogens with zero attached hydrogens (tertiary/aromatic N) is 2. The van der Waals surface area contributed by atoms with Gasteiger partial charge in [0.05, 0.1) is 36.6 Å². The third-order valence-corrected chi connectivity index (χ3v) is 7.57. The van der Waals surface area contributed by atoms with Crippen LogP contribution in [0.2, 0.25) is 0 Å². The SMILES string of the molecule is COc1ccc2c(c1)=NC1C=2CCN2C[C@H]3C[C@@H](O)[C@H](OC)[C@@H](C(=O)O)[C@H]3C[C@H]12. The quantitative estimate of drug-likeness (QED) is 0.745. The van der Waals surface area contributed by atoms with Crippen LogP contribution >= 0.6 is 0 Å². The molecule has 0 radical (unpaired) electrons. The number of hydrogen-bond acceptors (Lipinski definition) is 6. The zero-order valence-electron chi connectivity index (χ0n) is 16.8. The van der Waals surface area contributed by atoms with Crippen LogP contribution < -0.4 is 15.3 Å². The van der Waals surface area contributed by atoms with Crippen molar-refractivity contribution in [3.8, 4) is 5.75 Å². The number of carboxylic acid groups (broad SMARTS) is 1. The molecule has 0 aromatic heterocycles. The highest BCUT2D eigenvalue weighted by atomic mass is 16.5. The largest absolute Gasteiger partial charge is 0.497 e. The average molecular weight is 400 g/mol. The number of carbonyl (C=O) groups is 1. The molecule has 1 aromatic carbocycles. The fourth-order valence-corrected chi connectivity index (χ4v) is 6.29. The summed E-state index contributed by atoms with van der Waals surface area (Å²) in [4.78, 5) is 19.6. The Kier molecular flexibility index (Phi) is 4.64. The number of carboxylic acids is 1. The smallest absolute Gasteiger partial charge is 0.309 e. The van der Waals surface area contributed by atoms with E-state index < -0.39 is 24.1 Å². The van der Waals surface area contributed by atoms with E-state index in [-0.39, 0.29) is 23.9 Å². The number of benzene rings is 1. The molecule has 0 spiro atoms. The maximum Gasteiger partial charge on any atom is 0.309 e. The lowest BCUT2D eigenvalue weighted by Crippen LogP contribution is -2.61. The minimum atomic E-state index is -0.865. The van der Waals surface area contributed by atoms with E-state index in [1.165, 1.54) is 17.9 Å². The molecule has 29 heavy (non-hydrogen) atoms. The molecule has 7 atom stereocenters. The molecule has 3 heterocycles. The number of ether oxygens (including phenoxy) is 2. The van der Waals surface area contributed by atoms with Crippen molar-refractivity contribution in [2.75, 3.05) is 27.3 Å². The summed E-state index contributed by atoms with van der Waals surface area (Å²) in [6.07, 6.45) is 0.990. The predicted octanol–water partition coefficient (Wildman–Crippen LogP) is 0.0385. The number of methoxy groups -OCH3 is 2. The van der Waals surface area contributed by atoms with Gasteiger partial charge in [0.1, 0.15) is 5.75 Å². The van der Waals surface area contributed by atoms with Crippen molar-refractivity contribution < 1.29 is 24.5 Å². The summed E-state index contributed by atoms with van der Waals surface area (Å²) in [5.41, 5.74) is 1.37. The number of rotatable bonds is 3. The van der Waals surface area contributed by atoms with Gasteiger partial charge in [0, 0.05) is 37.5 Å². The first kappa shape index (κ1) is 19.0. The molecular weight excluding hydrogens is 372 g/mol. The summed E-state index contributed by atoms with van der Waals surface area (Å²) in [6.45, 7) is 1.79. The summed E-state index contributed by atoms with van der Waals surface area (Å²) in [6, 6.07) is 6.36. The third kappa shape index (κ3) is 2.90. The van der Waals surface area contributed by atoms with Crippen LogP contribution in [-0.2, 0) is 9.53 Å². The Morgan fingerprint density at radius 2 is 2.10 bits per heavy atom. The van der Waals surface area contributed by atoms with Gasteiger partial charge in [0.15, 0.2) is 0 Å². The topological polar surface area (TPSA) is 91.6 Å². The molecule has 1 aliphatic carbocycles. The normalized spacial score (nSPS) is 38.3. The summed E-state index contributed by atoms with van der Waals surface area (Å²) in [5, 5.41) is 22.6. The standard InChI is InChI=1S/C22H28N2O5/c1-28-12-3-4-13-14-5-6-24-10-11-7-18(25)21(29-2)19(22(26)27)15(11)9-17(24)20(14)23-16(13)8-12/h3-4,8,11,15,17-21,25H,5-7,9-10H2,1-2H3,(H,26,27)/t11-,15+,17-,18-,19+,20?,21+/m1/s1. The van der Waals surface area contributed by atoms with Crippen molar-refractivity contribution in [2.24, 2.45) is 22.7 Å². The van der Waals surface area contributed by atoms with Crippen molar-refractivity contribution in [1.29, 1.82) is 0 Å². The lowest BCUT2D eigenvalue weighted by atomic mass is 9.63. The average Bonchev–Trinajstić information content (AvgIpc) is 3.09. The van der Waals surface area contributed by atoms with Crippen LogP contribution in [0.4, 0.5) is 0 Å². The van der Waals surface area contributed by atoms with E-state index in [9.17, 15) is 15.0 Å². The zero-order chi connectivity index (χ0) is 20.3. The molecule has 1 saturated carbocycles. The third-order valence-electron chi connectivity index (χ3n) is 7.57. The first-order chi connectivity index (χ1) is 14.0. The molecule has 5 rings (SSSR count). The lowest BCUT2D eigenvalue weighted by Gasteiger charge is -2.53. The molecule has 0 amide bonds. The van der Waals surface area contributed by atoms with Gasteiger partial charge < -0.3 is 19.7 Å². The maximum absolute atomic E-state index is 12.1. The zero-order valence-corrected chi connectivity index (χ0v) is 16.8. The van der Waals surface area contributed by atoms with Gasteiger partial charge in [-0.15, -0.1) is 0 Å². The van der Waals surface area contributed by atoms with Crippen molar-refractivity contribution >= 4 is 11.5 Å². The van der Waals surface area contributed by atoms with Crippen molar-refractivity contribution in [2.45, 2.75) is 43.6 Å². The summed E-state index contributed by atoms with van der Waals surface area (Å²) in [5.74, 6) is -0.558. The van der Waals surface area contributed by atoms with Gasteiger partial charge in [-0.2, -0.15) is 0 Å². The summed E-state index contributed by atoms with van der Waals surface area (Å²) >= 11 is 0. The van der Waals surface area contributed by atoms with E-state index in [1.807, 2.05) is 12.1 Å². The van der Waals surface area contributed by atoms with Gasteiger partial charge >= 0.3 is 5.97 Å². The van der Waals surface area contributed by atoms with Gasteiger partial charge in [0.2, 0.25) is 0 Å². The number of fused-ring (bicyclic) bond motifs is 5. The fourth-order valence-electron chi connectivity index (χ4n) is 6.29. The molecule has 156 valence electrons. The van der Waals surface area contributed by atoms with Gasteiger partial charge in [-0.1, -0.05) is 0 Å². The van der Waals surface area contributed by atoms with E-state index in [2.05, 4.69) is 11.0 Å². The highest BCUT2D eigenvalue weighted by Gasteiger charge is 2.53. The molecule has 2 saturated heterocycles. The van der Waals surface area contributed by atoms with Gasteiger partial charge in [0.25, 0.3) is 0 Å². The van der Waals surface area contributed by atoms with Gasteiger partial charge in [-0.3, -0.25) is 14.7 Å². The second-order valence-electron chi connectivity index (χ2n) is 8.82. The number of aliphatic hydroxyl groups is 1. The number of hydrogen-bond donors (Lipinski definition) is 2. The van der Waals surface area contributed by atoms with Gasteiger partial charge in [-0.25, -0.2) is 0 Å². The summed E-state index contributed by atoms with van der Waals surface area (Å²) < 4.78 is 10.8. The fraction of sp³-hybridized carbons (Fsp3) is 0.636. The Hall–Kier alpha value is -1.96. The van der Waals surface area contributed by atoms with Crippen LogP contribution in [0.3, 0.4) is 0 Å². The van der Waals surface area contributed by atoms with Crippen molar-refractivity contribution in [3.63, 3.8) is 0 Å². The van der Waals surface area contributed by atoms with E-state index in [0.29, 0.717) is 6.42 Å². The molecule has 0 bridgehead atoms. The second kappa shape index (κ2) is 7.07. The Morgan fingerprint density at radius 1 is 1.28 bits per heavy atom. The van der Waals surface area contributed by atoms with E-state index >= 15 is 0 Å². The van der Waals surface area contributed by atoms with Crippen molar-refractivity contribution in [1.82, 2.24) is 4.90 Å². The molecule has 7 nitrogen and oxygen atoms in total. The Morgan fingerprint density at radius 3 is 2.83 bits per heavy atom. The van der Waals surface area contributed by atoms with Crippen LogP contribution in [0.1, 0.15) is 19.3 Å². The van der Waals surface area contributed by atoms with Crippen LogP contribution in [0.25, 0.3) is 5.57 Å². The molecule has 4 aliphatic rings. The van der Waals surface area contributed by atoms with Crippen LogP contribution in [-0.4, -0.2) is 72.7 Å². The molecular formula is C22H28N2O5. The minimum Gasteiger partial charge on any atom is -0.497 e. The molecule has 2 N–H and O–H groups in total. The maximum atomic E-state index is 12.1. The number of piperidine rings is 2. The summed E-state index contributed by atoms with van der Waals surface area (Å²) in [7, 11) is 3.16. The minimum absolute atomic E-state index is 0.00472. The van der Waals surface area contributed by atoms with Crippen LogP contribution in [0.15, 0.2) is 23.2 Å². The van der Waals surface area contributed by atoms with E-state index in [1.54, 1.807) is 7.11 Å². The number of aliphatic hydroxyl groups excluding tert-OH is 1.